The molecule has 0 amide bonds. The molecule has 0 unspecified atom stereocenters. The van der Waals surface area contributed by atoms with Crippen molar-refractivity contribution in [2.45, 2.75) is 31.9 Å². The van der Waals surface area contributed by atoms with Crippen LogP contribution in [0.5, 0.6) is 5.75 Å². The number of ether oxygens (including phenoxy) is 1. The monoisotopic (exact) mass is 195 g/mol. The maximum atomic E-state index is 12.8. The van der Waals surface area contributed by atoms with E-state index in [0.29, 0.717) is 0 Å². The summed E-state index contributed by atoms with van der Waals surface area (Å²) in [5.41, 5.74) is 6.48. The molecule has 2 nitrogen and oxygen atoms in total. The molecule has 0 bridgehead atoms. The second-order valence-corrected chi connectivity index (χ2v) is 3.88. The fourth-order valence-electron chi connectivity index (χ4n) is 1.63. The van der Waals surface area contributed by atoms with Gasteiger partial charge in [-0.2, -0.15) is 0 Å². The van der Waals surface area contributed by atoms with Gasteiger partial charge in [0, 0.05) is 6.04 Å². The highest BCUT2D eigenvalue weighted by Crippen LogP contribution is 2.27. The molecule has 0 radical (unpaired) electrons. The van der Waals surface area contributed by atoms with Crippen LogP contribution in [0.4, 0.5) is 4.39 Å². The van der Waals surface area contributed by atoms with E-state index in [9.17, 15) is 4.39 Å². The van der Waals surface area contributed by atoms with Crippen LogP contribution < -0.4 is 10.5 Å². The summed E-state index contributed by atoms with van der Waals surface area (Å²) in [7, 11) is 0. The van der Waals surface area contributed by atoms with Crippen molar-refractivity contribution in [1.29, 1.82) is 0 Å². The van der Waals surface area contributed by atoms with Gasteiger partial charge in [-0.1, -0.05) is 0 Å². The molecule has 1 aromatic carbocycles. The maximum absolute atomic E-state index is 12.8. The summed E-state index contributed by atoms with van der Waals surface area (Å²) in [5, 5.41) is 0. The molecule has 3 heteroatoms. The second kappa shape index (κ2) is 3.58. The molecular formula is C11H14FNO. The number of benzene rings is 1. The molecule has 0 spiro atoms. The van der Waals surface area contributed by atoms with Gasteiger partial charge in [-0.25, -0.2) is 4.39 Å². The Morgan fingerprint density at radius 1 is 1.43 bits per heavy atom. The molecular weight excluding hydrogens is 181 g/mol. The molecule has 0 heterocycles. The second-order valence-electron chi connectivity index (χ2n) is 3.88. The van der Waals surface area contributed by atoms with E-state index in [2.05, 4.69) is 0 Å². The van der Waals surface area contributed by atoms with Crippen LogP contribution in [0.1, 0.15) is 18.4 Å². The first-order chi connectivity index (χ1) is 6.65. The standard InChI is InChI=1S/C11H14FNO/c1-7-4-8(12)2-3-11(7)14-10-5-9(13)6-10/h2-4,9-10H,5-6,13H2,1H3. The first-order valence-electron chi connectivity index (χ1n) is 4.83. The Kier molecular flexibility index (Phi) is 2.42. The molecule has 1 fully saturated rings. The molecule has 1 aromatic rings. The normalized spacial score (nSPS) is 25.6. The Morgan fingerprint density at radius 2 is 2.14 bits per heavy atom. The first-order valence-corrected chi connectivity index (χ1v) is 4.83. The zero-order chi connectivity index (χ0) is 10.1. The summed E-state index contributed by atoms with van der Waals surface area (Å²) < 4.78 is 18.4. The number of rotatable bonds is 2. The predicted octanol–water partition coefficient (Wildman–Crippen LogP) is 2.00. The van der Waals surface area contributed by atoms with Gasteiger partial charge in [0.2, 0.25) is 0 Å². The minimum atomic E-state index is -0.222. The SMILES string of the molecule is Cc1cc(F)ccc1OC1CC(N)C1. The van der Waals surface area contributed by atoms with Crippen LogP contribution in [0.3, 0.4) is 0 Å². The minimum Gasteiger partial charge on any atom is -0.490 e. The summed E-state index contributed by atoms with van der Waals surface area (Å²) in [4.78, 5) is 0. The fourth-order valence-corrected chi connectivity index (χ4v) is 1.63. The molecule has 1 aliphatic carbocycles. The van der Waals surface area contributed by atoms with E-state index >= 15 is 0 Å². The van der Waals surface area contributed by atoms with Crippen molar-refractivity contribution in [1.82, 2.24) is 0 Å². The molecule has 0 aromatic heterocycles. The van der Waals surface area contributed by atoms with Crippen molar-refractivity contribution in [3.05, 3.63) is 29.6 Å². The van der Waals surface area contributed by atoms with Gasteiger partial charge in [-0.05, 0) is 43.5 Å². The van der Waals surface area contributed by atoms with Crippen molar-refractivity contribution in [2.24, 2.45) is 5.73 Å². The first kappa shape index (κ1) is 9.46. The van der Waals surface area contributed by atoms with E-state index in [0.717, 1.165) is 24.2 Å². The predicted molar refractivity (Wildman–Crippen MR) is 52.8 cm³/mol. The Bertz CT molecular complexity index is 334. The molecule has 2 rings (SSSR count). The van der Waals surface area contributed by atoms with Crippen LogP contribution in [-0.2, 0) is 0 Å². The number of halogens is 1. The third-order valence-electron chi connectivity index (χ3n) is 2.56. The van der Waals surface area contributed by atoms with Crippen LogP contribution in [-0.4, -0.2) is 12.1 Å². The average Bonchev–Trinajstić information content (AvgIpc) is 2.06. The highest BCUT2D eigenvalue weighted by Gasteiger charge is 2.27. The van der Waals surface area contributed by atoms with Gasteiger partial charge in [0.05, 0.1) is 0 Å². The van der Waals surface area contributed by atoms with Crippen LogP contribution in [0.15, 0.2) is 18.2 Å². The van der Waals surface area contributed by atoms with Crippen molar-refractivity contribution in [3.8, 4) is 5.75 Å². The zero-order valence-electron chi connectivity index (χ0n) is 8.16. The van der Waals surface area contributed by atoms with E-state index in [-0.39, 0.29) is 18.0 Å². The van der Waals surface area contributed by atoms with Crippen LogP contribution in [0, 0.1) is 12.7 Å². The summed E-state index contributed by atoms with van der Waals surface area (Å²) in [6, 6.07) is 4.85. The average molecular weight is 195 g/mol. The van der Waals surface area contributed by atoms with Crippen LogP contribution in [0.2, 0.25) is 0 Å². The smallest absolute Gasteiger partial charge is 0.123 e. The van der Waals surface area contributed by atoms with Gasteiger partial charge in [-0.15, -0.1) is 0 Å². The van der Waals surface area contributed by atoms with Gasteiger partial charge >= 0.3 is 0 Å². The van der Waals surface area contributed by atoms with E-state index in [1.807, 2.05) is 6.92 Å². The summed E-state index contributed by atoms with van der Waals surface area (Å²) >= 11 is 0. The Balaban J connectivity index is 2.02. The van der Waals surface area contributed by atoms with E-state index in [1.54, 1.807) is 6.07 Å². The number of hydrogen-bond donors (Lipinski definition) is 1. The zero-order valence-corrected chi connectivity index (χ0v) is 8.16. The van der Waals surface area contributed by atoms with E-state index < -0.39 is 0 Å². The lowest BCUT2D eigenvalue weighted by molar-refractivity contribution is 0.1000. The molecule has 76 valence electrons. The van der Waals surface area contributed by atoms with Crippen molar-refractivity contribution in [3.63, 3.8) is 0 Å². The molecule has 14 heavy (non-hydrogen) atoms. The number of hydrogen-bond acceptors (Lipinski definition) is 2. The molecule has 1 saturated carbocycles. The topological polar surface area (TPSA) is 35.2 Å². The van der Waals surface area contributed by atoms with Gasteiger partial charge in [-0.3, -0.25) is 0 Å². The lowest BCUT2D eigenvalue weighted by Crippen LogP contribution is -2.43. The Morgan fingerprint density at radius 3 is 2.71 bits per heavy atom. The maximum Gasteiger partial charge on any atom is 0.123 e. The molecule has 0 saturated heterocycles. The lowest BCUT2D eigenvalue weighted by Gasteiger charge is -2.33. The Hall–Kier alpha value is -1.09. The number of nitrogens with two attached hydrogens (primary N) is 1. The Labute approximate surface area is 82.9 Å². The van der Waals surface area contributed by atoms with Crippen molar-refractivity contribution in [2.75, 3.05) is 0 Å². The van der Waals surface area contributed by atoms with Crippen molar-refractivity contribution < 1.29 is 9.13 Å². The summed E-state index contributed by atoms with van der Waals surface area (Å²) in [6.07, 6.45) is 2.02. The summed E-state index contributed by atoms with van der Waals surface area (Å²) in [5.74, 6) is 0.545. The van der Waals surface area contributed by atoms with Crippen molar-refractivity contribution >= 4 is 0 Å². The summed E-state index contributed by atoms with van der Waals surface area (Å²) in [6.45, 7) is 1.84. The lowest BCUT2D eigenvalue weighted by atomic mass is 9.90. The van der Waals surface area contributed by atoms with Gasteiger partial charge in [0.1, 0.15) is 17.7 Å². The van der Waals surface area contributed by atoms with Crippen LogP contribution >= 0.6 is 0 Å². The molecule has 0 aliphatic heterocycles. The number of aryl methyl sites for hydroxylation is 1. The minimum absolute atomic E-state index is 0.217. The van der Waals surface area contributed by atoms with Crippen LogP contribution in [0.25, 0.3) is 0 Å². The third-order valence-corrected chi connectivity index (χ3v) is 2.56. The van der Waals surface area contributed by atoms with Gasteiger partial charge < -0.3 is 10.5 Å². The van der Waals surface area contributed by atoms with E-state index in [1.165, 1.54) is 12.1 Å². The largest absolute Gasteiger partial charge is 0.490 e. The highest BCUT2D eigenvalue weighted by molar-refractivity contribution is 5.32. The third kappa shape index (κ3) is 1.87. The van der Waals surface area contributed by atoms with E-state index in [4.69, 9.17) is 10.5 Å². The van der Waals surface area contributed by atoms with Gasteiger partial charge in [0.15, 0.2) is 0 Å². The molecule has 1 aliphatic rings. The highest BCUT2D eigenvalue weighted by atomic mass is 19.1. The molecule has 0 atom stereocenters. The fraction of sp³-hybridized carbons (Fsp3) is 0.455. The quantitative estimate of drug-likeness (QED) is 0.783. The molecule has 2 N–H and O–H groups in total. The van der Waals surface area contributed by atoms with Gasteiger partial charge in [0.25, 0.3) is 0 Å².